The topological polar surface area (TPSA) is 9.23 Å². The molecule has 0 amide bonds. The van der Waals surface area contributed by atoms with Crippen LogP contribution in [0.15, 0.2) is 12.8 Å². The van der Waals surface area contributed by atoms with Crippen molar-refractivity contribution in [2.45, 2.75) is 38.2 Å². The largest absolute Gasteiger partial charge is 0.495 e. The van der Waals surface area contributed by atoms with E-state index >= 15 is 0 Å². The maximum atomic E-state index is 13.1. The Bertz CT molecular complexity index is 161. The first-order valence-electron chi connectivity index (χ1n) is 4.21. The molecule has 1 aliphatic rings. The highest BCUT2D eigenvalue weighted by Crippen LogP contribution is 2.31. The monoisotopic (exact) mass is 176 g/mol. The Kier molecular flexibility index (Phi) is 3.06. The zero-order chi connectivity index (χ0) is 9.14. The average Bonchev–Trinajstić information content (AvgIpc) is 2.07. The minimum atomic E-state index is -1.49. The molecule has 0 aromatic carbocycles. The lowest BCUT2D eigenvalue weighted by molar-refractivity contribution is -0.0367. The smallest absolute Gasteiger partial charge is 0.168 e. The number of hydrogen-bond acceptors (Lipinski definition) is 1. The maximum Gasteiger partial charge on any atom is 0.168 e. The van der Waals surface area contributed by atoms with Gasteiger partial charge in [0.1, 0.15) is 12.3 Å². The second-order valence-corrected chi connectivity index (χ2v) is 3.28. The van der Waals surface area contributed by atoms with Crippen LogP contribution < -0.4 is 0 Å². The number of ether oxygens (including phenoxy) is 1. The minimum Gasteiger partial charge on any atom is -0.495 e. The van der Waals surface area contributed by atoms with E-state index in [4.69, 9.17) is 4.74 Å². The van der Waals surface area contributed by atoms with Gasteiger partial charge in [0.25, 0.3) is 0 Å². The number of hydrogen-bond donors (Lipinski definition) is 0. The molecule has 70 valence electrons. The molecule has 1 aliphatic carbocycles. The number of halogens is 2. The highest BCUT2D eigenvalue weighted by Gasteiger charge is 2.38. The summed E-state index contributed by atoms with van der Waals surface area (Å²) in [6, 6.07) is 0. The van der Waals surface area contributed by atoms with Crippen LogP contribution >= 0.6 is 0 Å². The van der Waals surface area contributed by atoms with Crippen LogP contribution in [0.1, 0.15) is 19.8 Å². The lowest BCUT2D eigenvalue weighted by Gasteiger charge is -2.32. The predicted molar refractivity (Wildman–Crippen MR) is 43.3 cm³/mol. The number of alkyl halides is 2. The molecule has 3 heteroatoms. The summed E-state index contributed by atoms with van der Waals surface area (Å²) < 4.78 is 31.0. The van der Waals surface area contributed by atoms with Gasteiger partial charge in [0.15, 0.2) is 6.17 Å². The van der Waals surface area contributed by atoms with Crippen molar-refractivity contribution in [3.63, 3.8) is 0 Å². The summed E-state index contributed by atoms with van der Waals surface area (Å²) in [4.78, 5) is 0. The molecule has 12 heavy (non-hydrogen) atoms. The molecule has 4 atom stereocenters. The Balaban J connectivity index is 2.52. The van der Waals surface area contributed by atoms with Gasteiger partial charge in [-0.25, -0.2) is 8.78 Å². The molecule has 1 saturated carbocycles. The van der Waals surface area contributed by atoms with Crippen LogP contribution in [0.3, 0.4) is 0 Å². The average molecular weight is 176 g/mol. The third-order valence-corrected chi connectivity index (χ3v) is 2.38. The van der Waals surface area contributed by atoms with Crippen LogP contribution in [-0.2, 0) is 4.74 Å². The van der Waals surface area contributed by atoms with Crippen LogP contribution in [0.25, 0.3) is 0 Å². The molecule has 0 N–H and O–H groups in total. The summed E-state index contributed by atoms with van der Waals surface area (Å²) in [5.41, 5.74) is 0. The molecule has 0 bridgehead atoms. The summed E-state index contributed by atoms with van der Waals surface area (Å²) >= 11 is 0. The van der Waals surface area contributed by atoms with Crippen LogP contribution in [0.2, 0.25) is 0 Å². The van der Waals surface area contributed by atoms with Crippen molar-refractivity contribution in [2.24, 2.45) is 5.92 Å². The molecule has 4 unspecified atom stereocenters. The lowest BCUT2D eigenvalue weighted by atomic mass is 9.86. The second-order valence-electron chi connectivity index (χ2n) is 3.28. The van der Waals surface area contributed by atoms with Crippen molar-refractivity contribution in [3.05, 3.63) is 12.8 Å². The minimum absolute atomic E-state index is 0.190. The maximum absolute atomic E-state index is 13.1. The molecule has 1 fully saturated rings. The fraction of sp³-hybridized carbons (Fsp3) is 0.778. The third kappa shape index (κ3) is 1.76. The van der Waals surface area contributed by atoms with Crippen molar-refractivity contribution in [2.75, 3.05) is 0 Å². The van der Waals surface area contributed by atoms with Gasteiger partial charge < -0.3 is 4.74 Å². The van der Waals surface area contributed by atoms with E-state index in [1.807, 2.05) is 0 Å². The van der Waals surface area contributed by atoms with Crippen molar-refractivity contribution in [1.82, 2.24) is 0 Å². The summed E-state index contributed by atoms with van der Waals surface area (Å²) in [6.45, 7) is 5.05. The van der Waals surface area contributed by atoms with Gasteiger partial charge >= 0.3 is 0 Å². The van der Waals surface area contributed by atoms with E-state index in [-0.39, 0.29) is 5.92 Å². The summed E-state index contributed by atoms with van der Waals surface area (Å²) in [5.74, 6) is -0.190. The van der Waals surface area contributed by atoms with Gasteiger partial charge in [0.05, 0.1) is 6.26 Å². The molecule has 0 spiro atoms. The quantitative estimate of drug-likeness (QED) is 0.588. The van der Waals surface area contributed by atoms with Gasteiger partial charge in [0, 0.05) is 0 Å². The molecule has 0 aromatic heterocycles. The summed E-state index contributed by atoms with van der Waals surface area (Å²) in [5, 5.41) is 0. The van der Waals surface area contributed by atoms with E-state index in [9.17, 15) is 8.78 Å². The van der Waals surface area contributed by atoms with Gasteiger partial charge in [-0.15, -0.1) is 0 Å². The van der Waals surface area contributed by atoms with Gasteiger partial charge in [0.2, 0.25) is 0 Å². The van der Waals surface area contributed by atoms with E-state index in [1.165, 1.54) is 6.26 Å². The predicted octanol–water partition coefficient (Wildman–Crippen LogP) is 2.62. The molecule has 1 nitrogen and oxygen atoms in total. The normalized spacial score (nSPS) is 42.2. The van der Waals surface area contributed by atoms with E-state index in [1.54, 1.807) is 6.92 Å². The Labute approximate surface area is 71.4 Å². The molecule has 0 heterocycles. The van der Waals surface area contributed by atoms with E-state index in [2.05, 4.69) is 6.58 Å². The van der Waals surface area contributed by atoms with Gasteiger partial charge in [-0.05, 0) is 18.8 Å². The highest BCUT2D eigenvalue weighted by molar-refractivity contribution is 4.87. The van der Waals surface area contributed by atoms with Gasteiger partial charge in [-0.2, -0.15) is 0 Å². The van der Waals surface area contributed by atoms with E-state index in [0.29, 0.717) is 12.8 Å². The second kappa shape index (κ2) is 3.87. The van der Waals surface area contributed by atoms with Crippen LogP contribution in [0.4, 0.5) is 8.78 Å². The van der Waals surface area contributed by atoms with E-state index in [0.717, 1.165) is 0 Å². The number of rotatable bonds is 2. The molecular weight excluding hydrogens is 162 g/mol. The van der Waals surface area contributed by atoms with Gasteiger partial charge in [-0.1, -0.05) is 13.5 Å². The first kappa shape index (κ1) is 9.49. The zero-order valence-electron chi connectivity index (χ0n) is 7.17. The Morgan fingerprint density at radius 2 is 2.00 bits per heavy atom. The first-order chi connectivity index (χ1) is 5.66. The zero-order valence-corrected chi connectivity index (χ0v) is 7.17. The van der Waals surface area contributed by atoms with Crippen LogP contribution in [-0.4, -0.2) is 18.4 Å². The van der Waals surface area contributed by atoms with Gasteiger partial charge in [-0.3, -0.25) is 0 Å². The Hall–Kier alpha value is -0.600. The van der Waals surface area contributed by atoms with Crippen LogP contribution in [0, 0.1) is 5.92 Å². The highest BCUT2D eigenvalue weighted by atomic mass is 19.2. The molecular formula is C9H14F2O. The Morgan fingerprint density at radius 3 is 2.58 bits per heavy atom. The fourth-order valence-electron chi connectivity index (χ4n) is 1.53. The molecule has 0 saturated heterocycles. The van der Waals surface area contributed by atoms with Crippen molar-refractivity contribution >= 4 is 0 Å². The summed E-state index contributed by atoms with van der Waals surface area (Å²) in [6.07, 6.45) is -1.07. The van der Waals surface area contributed by atoms with Crippen LogP contribution in [0.5, 0.6) is 0 Å². The Morgan fingerprint density at radius 1 is 1.33 bits per heavy atom. The van der Waals surface area contributed by atoms with Crippen molar-refractivity contribution < 1.29 is 13.5 Å². The van der Waals surface area contributed by atoms with Crippen molar-refractivity contribution in [1.29, 1.82) is 0 Å². The fourth-order valence-corrected chi connectivity index (χ4v) is 1.53. The molecule has 0 aromatic rings. The third-order valence-electron chi connectivity index (χ3n) is 2.38. The molecule has 1 rings (SSSR count). The first-order valence-corrected chi connectivity index (χ1v) is 4.21. The van der Waals surface area contributed by atoms with E-state index < -0.39 is 18.4 Å². The van der Waals surface area contributed by atoms with Crippen molar-refractivity contribution in [3.8, 4) is 0 Å². The molecule has 0 radical (unpaired) electrons. The summed E-state index contributed by atoms with van der Waals surface area (Å²) in [7, 11) is 0. The molecule has 0 aliphatic heterocycles. The standard InChI is InChI=1S/C9H14F2O/c1-3-12-7-5-4-6(2)8(10)9(7)11/h3,6-9H,1,4-5H2,2H3. The lowest BCUT2D eigenvalue weighted by Crippen LogP contribution is -2.41. The SMILES string of the molecule is C=COC1CCC(C)C(F)C1F.